The molecule has 1 amide bonds. The number of nitrogens with two attached hydrogens (primary N) is 1. The molecule has 13 heteroatoms. The Balaban J connectivity index is 2.00. The minimum absolute atomic E-state index is 0.0135. The molecule has 0 aliphatic carbocycles. The lowest BCUT2D eigenvalue weighted by Gasteiger charge is -2.36. The molecule has 0 unspecified atom stereocenters. The summed E-state index contributed by atoms with van der Waals surface area (Å²) in [7, 11) is 1.27. The minimum atomic E-state index is -4.82. The van der Waals surface area contributed by atoms with Crippen LogP contribution in [0.2, 0.25) is 5.02 Å². The van der Waals surface area contributed by atoms with Gasteiger partial charge in [0, 0.05) is 36.0 Å². The van der Waals surface area contributed by atoms with E-state index in [2.05, 4.69) is 20.0 Å². The van der Waals surface area contributed by atoms with Gasteiger partial charge in [-0.15, -0.1) is 0 Å². The molecule has 1 aromatic heterocycles. The highest BCUT2D eigenvalue weighted by Crippen LogP contribution is 2.42. The summed E-state index contributed by atoms with van der Waals surface area (Å²) in [5, 5.41) is 2.50. The number of carbonyl (C=O) groups is 1. The Morgan fingerprint density at radius 1 is 1.34 bits per heavy atom. The molecule has 2 heterocycles. The van der Waals surface area contributed by atoms with Crippen molar-refractivity contribution in [2.75, 3.05) is 12.4 Å². The maximum absolute atomic E-state index is 14.6. The van der Waals surface area contributed by atoms with Crippen LogP contribution in [-0.4, -0.2) is 36.3 Å². The van der Waals surface area contributed by atoms with E-state index in [9.17, 15) is 26.7 Å². The third-order valence-corrected chi connectivity index (χ3v) is 4.90. The number of anilines is 1. The summed E-state index contributed by atoms with van der Waals surface area (Å²) in [5.74, 6) is -3.70. The Kier molecular flexibility index (Phi) is 6.18. The Labute approximate surface area is 183 Å². The van der Waals surface area contributed by atoms with E-state index < -0.39 is 53.4 Å². The zero-order valence-corrected chi connectivity index (χ0v) is 17.3. The molecule has 3 N–H and O–H groups in total. The Morgan fingerprint density at radius 2 is 2.03 bits per heavy atom. The Hall–Kier alpha value is -3.15. The molecule has 2 atom stereocenters. The SMILES string of the molecule is COc1cc(Cl)cnc1C(=O)Nc1cc(F)c(F)c([C@@]2(C)C[C@@H](C(F)(F)F)OC(N)=N2)c1. The van der Waals surface area contributed by atoms with E-state index >= 15 is 0 Å². The van der Waals surface area contributed by atoms with Crippen molar-refractivity contribution in [3.05, 3.63) is 52.3 Å². The number of pyridine rings is 1. The van der Waals surface area contributed by atoms with E-state index in [0.717, 1.165) is 13.0 Å². The fourth-order valence-corrected chi connectivity index (χ4v) is 3.35. The molecule has 0 spiro atoms. The van der Waals surface area contributed by atoms with Crippen LogP contribution >= 0.6 is 11.6 Å². The normalized spacial score (nSPS) is 20.9. The van der Waals surface area contributed by atoms with Crippen LogP contribution in [0, 0.1) is 11.6 Å². The maximum Gasteiger partial charge on any atom is 0.425 e. The van der Waals surface area contributed by atoms with Crippen LogP contribution in [0.1, 0.15) is 29.4 Å². The van der Waals surface area contributed by atoms with Gasteiger partial charge >= 0.3 is 6.18 Å². The third kappa shape index (κ3) is 4.69. The van der Waals surface area contributed by atoms with E-state index in [0.29, 0.717) is 6.07 Å². The highest BCUT2D eigenvalue weighted by Gasteiger charge is 2.50. The molecule has 1 aliphatic heterocycles. The van der Waals surface area contributed by atoms with Crippen LogP contribution in [0.5, 0.6) is 5.75 Å². The smallest absolute Gasteiger partial charge is 0.425 e. The third-order valence-electron chi connectivity index (χ3n) is 4.69. The largest absolute Gasteiger partial charge is 0.494 e. The number of aliphatic imine (C=N–C) groups is 1. The van der Waals surface area contributed by atoms with Gasteiger partial charge in [0.25, 0.3) is 11.9 Å². The second-order valence-corrected chi connectivity index (χ2v) is 7.49. The van der Waals surface area contributed by atoms with Gasteiger partial charge in [0.05, 0.1) is 17.7 Å². The van der Waals surface area contributed by atoms with Crippen LogP contribution in [0.25, 0.3) is 0 Å². The van der Waals surface area contributed by atoms with E-state index in [-0.39, 0.29) is 22.2 Å². The minimum Gasteiger partial charge on any atom is -0.494 e. The molecule has 1 aliphatic rings. The first-order chi connectivity index (χ1) is 14.8. The second kappa shape index (κ2) is 8.41. The number of benzene rings is 1. The van der Waals surface area contributed by atoms with E-state index in [1.54, 1.807) is 0 Å². The van der Waals surface area contributed by atoms with Crippen LogP contribution in [0.4, 0.5) is 27.6 Å². The second-order valence-electron chi connectivity index (χ2n) is 7.05. The summed E-state index contributed by atoms with van der Waals surface area (Å²) in [6.45, 7) is 1.15. The van der Waals surface area contributed by atoms with Gasteiger partial charge in [-0.2, -0.15) is 13.2 Å². The van der Waals surface area contributed by atoms with Gasteiger partial charge in [-0.3, -0.25) is 4.79 Å². The van der Waals surface area contributed by atoms with Crippen LogP contribution in [0.15, 0.2) is 29.4 Å². The molecule has 0 bridgehead atoms. The molecule has 2 aromatic rings. The number of amidine groups is 1. The summed E-state index contributed by atoms with van der Waals surface area (Å²) in [4.78, 5) is 20.2. The number of amides is 1. The quantitative estimate of drug-likeness (QED) is 0.643. The number of rotatable bonds is 4. The number of nitrogens with zero attached hydrogens (tertiary/aromatic N) is 2. The topological polar surface area (TPSA) is 98.8 Å². The predicted octanol–water partition coefficient (Wildman–Crippen LogP) is 4.16. The lowest BCUT2D eigenvalue weighted by molar-refractivity contribution is -0.208. The first kappa shape index (κ1) is 23.5. The van der Waals surface area contributed by atoms with Gasteiger partial charge in [0.15, 0.2) is 29.2 Å². The number of aromatic nitrogens is 1. The lowest BCUT2D eigenvalue weighted by Crippen LogP contribution is -2.46. The van der Waals surface area contributed by atoms with Crippen molar-refractivity contribution in [2.24, 2.45) is 10.7 Å². The van der Waals surface area contributed by atoms with Crippen molar-refractivity contribution >= 4 is 29.2 Å². The molecular weight excluding hydrogens is 463 g/mol. The molecular formula is C19H16ClF5N4O3. The number of alkyl halides is 3. The van der Waals surface area contributed by atoms with Crippen molar-refractivity contribution < 1.29 is 36.2 Å². The molecule has 1 aromatic carbocycles. The van der Waals surface area contributed by atoms with Crippen molar-refractivity contribution in [3.8, 4) is 5.75 Å². The van der Waals surface area contributed by atoms with Crippen LogP contribution in [-0.2, 0) is 10.3 Å². The zero-order chi connectivity index (χ0) is 23.8. The van der Waals surface area contributed by atoms with E-state index in [4.69, 9.17) is 22.1 Å². The Bertz CT molecular complexity index is 1100. The van der Waals surface area contributed by atoms with Gasteiger partial charge in [-0.1, -0.05) is 11.6 Å². The highest BCUT2D eigenvalue weighted by atomic mass is 35.5. The maximum atomic E-state index is 14.6. The van der Waals surface area contributed by atoms with E-state index in [1.807, 2.05) is 0 Å². The number of hydrogen-bond acceptors (Lipinski definition) is 6. The average Bonchev–Trinajstić information content (AvgIpc) is 2.68. The summed E-state index contributed by atoms with van der Waals surface area (Å²) in [5.41, 5.74) is 2.43. The van der Waals surface area contributed by atoms with Crippen molar-refractivity contribution in [2.45, 2.75) is 31.2 Å². The molecule has 172 valence electrons. The molecule has 7 nitrogen and oxygen atoms in total. The average molecular weight is 479 g/mol. The standard InChI is InChI=1S/C19H16ClF5N4O3/c1-18(6-13(19(23,24)25)32-17(26)29-18)10-4-9(5-11(21)14(10)22)28-16(30)15-12(31-2)3-8(20)7-27-15/h3-5,7,13H,6H2,1-2H3,(H2,26,29)(H,28,30)/t13-,18+/m0/s1. The lowest BCUT2D eigenvalue weighted by atomic mass is 9.85. The first-order valence-corrected chi connectivity index (χ1v) is 9.31. The summed E-state index contributed by atoms with van der Waals surface area (Å²) < 4.78 is 78.1. The monoisotopic (exact) mass is 478 g/mol. The zero-order valence-electron chi connectivity index (χ0n) is 16.6. The van der Waals surface area contributed by atoms with Gasteiger partial charge in [-0.25, -0.2) is 18.8 Å². The van der Waals surface area contributed by atoms with Crippen LogP contribution in [0.3, 0.4) is 0 Å². The van der Waals surface area contributed by atoms with Gasteiger partial charge in [0.2, 0.25) is 0 Å². The molecule has 0 saturated carbocycles. The van der Waals surface area contributed by atoms with E-state index in [1.165, 1.54) is 19.4 Å². The fourth-order valence-electron chi connectivity index (χ4n) is 3.21. The number of carbonyl (C=O) groups excluding carboxylic acids is 1. The number of methoxy groups -OCH3 is 1. The molecule has 3 rings (SSSR count). The fraction of sp³-hybridized carbons (Fsp3) is 0.316. The van der Waals surface area contributed by atoms with Crippen molar-refractivity contribution in [3.63, 3.8) is 0 Å². The van der Waals surface area contributed by atoms with Gasteiger partial charge in [0.1, 0.15) is 0 Å². The van der Waals surface area contributed by atoms with Gasteiger partial charge in [-0.05, 0) is 13.0 Å². The highest BCUT2D eigenvalue weighted by molar-refractivity contribution is 6.30. The number of nitrogens with one attached hydrogen (secondary N) is 1. The Morgan fingerprint density at radius 3 is 2.66 bits per heavy atom. The molecule has 0 radical (unpaired) electrons. The summed E-state index contributed by atoms with van der Waals surface area (Å²) in [6.07, 6.45) is -6.89. The molecule has 0 saturated heterocycles. The van der Waals surface area contributed by atoms with Crippen LogP contribution < -0.4 is 15.8 Å². The van der Waals surface area contributed by atoms with Gasteiger partial charge < -0.3 is 20.5 Å². The summed E-state index contributed by atoms with van der Waals surface area (Å²) >= 11 is 5.80. The number of ether oxygens (including phenoxy) is 2. The number of halogens is 6. The predicted molar refractivity (Wildman–Crippen MR) is 105 cm³/mol. The molecule has 0 fully saturated rings. The van der Waals surface area contributed by atoms with Crippen molar-refractivity contribution in [1.82, 2.24) is 4.98 Å². The van der Waals surface area contributed by atoms with Crippen molar-refractivity contribution in [1.29, 1.82) is 0 Å². The number of hydrogen-bond donors (Lipinski definition) is 2. The summed E-state index contributed by atoms with van der Waals surface area (Å²) in [6, 6.07) is 2.12. The first-order valence-electron chi connectivity index (χ1n) is 8.93. The molecule has 32 heavy (non-hydrogen) atoms.